The van der Waals surface area contributed by atoms with Crippen LogP contribution in [0.5, 0.6) is 0 Å². The number of hydrogen-bond donors (Lipinski definition) is 1. The van der Waals surface area contributed by atoms with E-state index in [0.29, 0.717) is 6.61 Å². The van der Waals surface area contributed by atoms with Gasteiger partial charge in [0.15, 0.2) is 0 Å². The fourth-order valence-electron chi connectivity index (χ4n) is 6.46. The molecule has 0 bridgehead atoms. The lowest BCUT2D eigenvalue weighted by atomic mass is 9.80. The first kappa shape index (κ1) is 26.7. The molecule has 0 amide bonds. The Hall–Kier alpha value is -3.55. The predicted molar refractivity (Wildman–Crippen MR) is 155 cm³/mol. The number of aliphatic hydroxyl groups is 1. The SMILES string of the molecule is Cc1noc(C)c1-c1cnc2c3ccc(C(C)(C)O)cc3n([C@@H](c3ccc(F)cc3)C3CCOC(C)(C)C3)c2c1. The second-order valence-corrected chi connectivity index (χ2v) is 12.3. The molecule has 1 fully saturated rings. The maximum atomic E-state index is 14.2. The van der Waals surface area contributed by atoms with E-state index in [-0.39, 0.29) is 23.4 Å². The predicted octanol–water partition coefficient (Wildman–Crippen LogP) is 7.62. The van der Waals surface area contributed by atoms with E-state index < -0.39 is 5.60 Å². The van der Waals surface area contributed by atoms with E-state index >= 15 is 0 Å². The van der Waals surface area contributed by atoms with Crippen molar-refractivity contribution in [2.24, 2.45) is 5.92 Å². The van der Waals surface area contributed by atoms with Crippen molar-refractivity contribution in [3.63, 3.8) is 0 Å². The van der Waals surface area contributed by atoms with Crippen LogP contribution in [0.25, 0.3) is 33.1 Å². The number of benzene rings is 2. The summed E-state index contributed by atoms with van der Waals surface area (Å²) in [4.78, 5) is 4.99. The molecular weight excluding hydrogens is 505 g/mol. The first-order valence-corrected chi connectivity index (χ1v) is 13.9. The molecule has 1 unspecified atom stereocenters. The molecule has 6 nitrogen and oxygen atoms in total. The monoisotopic (exact) mass is 541 g/mol. The normalized spacial score (nSPS) is 18.4. The molecule has 7 heteroatoms. The Balaban J connectivity index is 1.69. The third kappa shape index (κ3) is 4.61. The van der Waals surface area contributed by atoms with Gasteiger partial charge in [0.1, 0.15) is 11.6 Å². The summed E-state index contributed by atoms with van der Waals surface area (Å²) in [5.41, 5.74) is 6.07. The van der Waals surface area contributed by atoms with Crippen molar-refractivity contribution in [1.82, 2.24) is 14.7 Å². The summed E-state index contributed by atoms with van der Waals surface area (Å²) in [6, 6.07) is 15.0. The number of ether oxygens (including phenoxy) is 1. The number of aryl methyl sites for hydroxylation is 2. The molecule has 0 aliphatic carbocycles. The molecule has 1 aliphatic heterocycles. The van der Waals surface area contributed by atoms with Gasteiger partial charge in [-0.1, -0.05) is 29.4 Å². The van der Waals surface area contributed by atoms with E-state index in [9.17, 15) is 9.50 Å². The van der Waals surface area contributed by atoms with Gasteiger partial charge >= 0.3 is 0 Å². The van der Waals surface area contributed by atoms with Crippen LogP contribution >= 0.6 is 0 Å². The zero-order valence-electron chi connectivity index (χ0n) is 24.0. The van der Waals surface area contributed by atoms with Crippen LogP contribution in [0.4, 0.5) is 4.39 Å². The highest BCUT2D eigenvalue weighted by Crippen LogP contribution is 2.44. The molecule has 0 radical (unpaired) electrons. The van der Waals surface area contributed by atoms with E-state index in [1.807, 2.05) is 38.2 Å². The number of halogens is 1. The Labute approximate surface area is 233 Å². The van der Waals surface area contributed by atoms with Gasteiger partial charge in [0, 0.05) is 29.3 Å². The van der Waals surface area contributed by atoms with Crippen molar-refractivity contribution in [2.75, 3.05) is 6.61 Å². The van der Waals surface area contributed by atoms with Gasteiger partial charge in [0.25, 0.3) is 0 Å². The molecule has 2 atom stereocenters. The van der Waals surface area contributed by atoms with Gasteiger partial charge < -0.3 is 18.9 Å². The maximum Gasteiger partial charge on any atom is 0.141 e. The number of nitrogens with zero attached hydrogens (tertiary/aromatic N) is 3. The van der Waals surface area contributed by atoms with Crippen molar-refractivity contribution in [3.05, 3.63) is 83.1 Å². The molecule has 5 aromatic rings. The maximum absolute atomic E-state index is 14.2. The molecule has 3 aromatic heterocycles. The summed E-state index contributed by atoms with van der Waals surface area (Å²) >= 11 is 0. The molecule has 1 saturated heterocycles. The number of hydrogen-bond acceptors (Lipinski definition) is 5. The molecule has 1 aliphatic rings. The average molecular weight is 542 g/mol. The highest BCUT2D eigenvalue weighted by atomic mass is 19.1. The third-order valence-electron chi connectivity index (χ3n) is 8.34. The van der Waals surface area contributed by atoms with Crippen LogP contribution in [0.1, 0.15) is 69.2 Å². The zero-order chi connectivity index (χ0) is 28.4. The molecule has 6 rings (SSSR count). The molecule has 40 heavy (non-hydrogen) atoms. The molecule has 0 spiro atoms. The van der Waals surface area contributed by atoms with Gasteiger partial charge in [-0.3, -0.25) is 4.98 Å². The zero-order valence-corrected chi connectivity index (χ0v) is 24.0. The molecule has 2 aromatic carbocycles. The number of rotatable bonds is 5. The second-order valence-electron chi connectivity index (χ2n) is 12.3. The van der Waals surface area contributed by atoms with Gasteiger partial charge in [-0.25, -0.2) is 4.39 Å². The van der Waals surface area contributed by atoms with Crippen molar-refractivity contribution >= 4 is 21.9 Å². The quantitative estimate of drug-likeness (QED) is 0.248. The third-order valence-corrected chi connectivity index (χ3v) is 8.34. The Kier molecular flexibility index (Phi) is 6.35. The Bertz CT molecular complexity index is 1690. The van der Waals surface area contributed by atoms with Crippen LogP contribution < -0.4 is 0 Å². The van der Waals surface area contributed by atoms with Gasteiger partial charge in [0.05, 0.1) is 39.5 Å². The van der Waals surface area contributed by atoms with E-state index in [1.165, 1.54) is 12.1 Å². The van der Waals surface area contributed by atoms with Crippen LogP contribution in [-0.4, -0.2) is 32.0 Å². The topological polar surface area (TPSA) is 73.3 Å². The van der Waals surface area contributed by atoms with Crippen molar-refractivity contribution in [2.45, 2.75) is 71.6 Å². The lowest BCUT2D eigenvalue weighted by molar-refractivity contribution is -0.0779. The Morgan fingerprint density at radius 1 is 1.07 bits per heavy atom. The van der Waals surface area contributed by atoms with E-state index in [4.69, 9.17) is 14.2 Å². The first-order chi connectivity index (χ1) is 18.9. The Morgan fingerprint density at radius 3 is 2.48 bits per heavy atom. The van der Waals surface area contributed by atoms with Crippen LogP contribution in [-0.2, 0) is 10.3 Å². The van der Waals surface area contributed by atoms with E-state index in [0.717, 1.165) is 68.5 Å². The van der Waals surface area contributed by atoms with Gasteiger partial charge in [0.2, 0.25) is 0 Å². The van der Waals surface area contributed by atoms with Crippen molar-refractivity contribution in [3.8, 4) is 11.1 Å². The van der Waals surface area contributed by atoms with Crippen LogP contribution in [0, 0.1) is 25.6 Å². The van der Waals surface area contributed by atoms with E-state index in [2.05, 4.69) is 41.8 Å². The van der Waals surface area contributed by atoms with Crippen LogP contribution in [0.15, 0.2) is 59.3 Å². The fraction of sp³-hybridized carbons (Fsp3) is 0.394. The molecule has 4 heterocycles. The largest absolute Gasteiger partial charge is 0.386 e. The summed E-state index contributed by atoms with van der Waals surface area (Å²) < 4.78 is 28.1. The highest BCUT2D eigenvalue weighted by molar-refractivity contribution is 6.07. The second kappa shape index (κ2) is 9.53. The summed E-state index contributed by atoms with van der Waals surface area (Å²) in [5.74, 6) is 0.706. The van der Waals surface area contributed by atoms with Crippen molar-refractivity contribution in [1.29, 1.82) is 0 Å². The van der Waals surface area contributed by atoms with Crippen LogP contribution in [0.3, 0.4) is 0 Å². The number of pyridine rings is 1. The smallest absolute Gasteiger partial charge is 0.141 e. The van der Waals surface area contributed by atoms with Gasteiger partial charge in [-0.05, 0) is 95.7 Å². The lowest BCUT2D eigenvalue weighted by Crippen LogP contribution is -2.37. The number of fused-ring (bicyclic) bond motifs is 3. The molecule has 1 N–H and O–H groups in total. The van der Waals surface area contributed by atoms with Gasteiger partial charge in [-0.2, -0.15) is 0 Å². The summed E-state index contributed by atoms with van der Waals surface area (Å²) in [6.45, 7) is 12.4. The highest BCUT2D eigenvalue weighted by Gasteiger charge is 2.37. The minimum Gasteiger partial charge on any atom is -0.386 e. The number of aromatic nitrogens is 3. The average Bonchev–Trinajstić information content (AvgIpc) is 3.40. The minimum atomic E-state index is -1.02. The van der Waals surface area contributed by atoms with Crippen LogP contribution in [0.2, 0.25) is 0 Å². The lowest BCUT2D eigenvalue weighted by Gasteiger charge is -2.40. The summed E-state index contributed by atoms with van der Waals surface area (Å²) in [7, 11) is 0. The molecule has 0 saturated carbocycles. The summed E-state index contributed by atoms with van der Waals surface area (Å²) in [5, 5.41) is 16.1. The first-order valence-electron chi connectivity index (χ1n) is 13.9. The van der Waals surface area contributed by atoms with Crippen molar-refractivity contribution < 1.29 is 18.8 Å². The Morgan fingerprint density at radius 2 is 1.82 bits per heavy atom. The summed E-state index contributed by atoms with van der Waals surface area (Å²) in [6.07, 6.45) is 3.60. The van der Waals surface area contributed by atoms with Gasteiger partial charge in [-0.15, -0.1) is 0 Å². The fourth-order valence-corrected chi connectivity index (χ4v) is 6.46. The molecular formula is C33H36FN3O3. The minimum absolute atomic E-state index is 0.109. The molecule has 208 valence electrons. The standard InChI is InChI=1S/C33H36FN3O3/c1-19-29(20(2)40-36-19)23-15-28-30(35-18-23)26-12-9-24(33(5,6)38)16-27(26)37(28)31(21-7-10-25(34)11-8-21)22-13-14-39-32(3,4)17-22/h7-12,15-16,18,22,31,38H,13-14,17H2,1-6H3/t22?,31-/m0/s1. The van der Waals surface area contributed by atoms with E-state index in [1.54, 1.807) is 13.8 Å².